The van der Waals surface area contributed by atoms with Crippen molar-refractivity contribution >= 4 is 21.8 Å². The summed E-state index contributed by atoms with van der Waals surface area (Å²) in [4.78, 5) is 16.8. The Morgan fingerprint density at radius 2 is 1.85 bits per heavy atom. The zero-order valence-corrected chi connectivity index (χ0v) is 15.7. The molecule has 0 fully saturated rings. The molecule has 1 amide bonds. The topological polar surface area (TPSA) is 60.5 Å². The highest BCUT2D eigenvalue weighted by Gasteiger charge is 2.15. The molecule has 3 aromatic rings. The zero-order chi connectivity index (χ0) is 18.4. The third-order valence-corrected chi connectivity index (χ3v) is 4.20. The van der Waals surface area contributed by atoms with Crippen molar-refractivity contribution in [1.29, 1.82) is 0 Å². The van der Waals surface area contributed by atoms with Gasteiger partial charge in [0.25, 0.3) is 5.91 Å². The molecule has 6 heteroatoms. The largest absolute Gasteiger partial charge is 0.496 e. The molecular weight excluding hydrogens is 396 g/mol. The molecule has 0 aliphatic rings. The molecule has 1 heterocycles. The summed E-state index contributed by atoms with van der Waals surface area (Å²) < 4.78 is 12.0. The van der Waals surface area contributed by atoms with E-state index in [1.807, 2.05) is 36.4 Å². The molecule has 5 nitrogen and oxygen atoms in total. The highest BCUT2D eigenvalue weighted by molar-refractivity contribution is 9.10. The lowest BCUT2D eigenvalue weighted by Gasteiger charge is -2.12. The van der Waals surface area contributed by atoms with Crippen molar-refractivity contribution in [2.75, 3.05) is 7.11 Å². The van der Waals surface area contributed by atoms with Gasteiger partial charge in [0.1, 0.15) is 17.1 Å². The van der Waals surface area contributed by atoms with Crippen molar-refractivity contribution in [1.82, 2.24) is 10.3 Å². The summed E-state index contributed by atoms with van der Waals surface area (Å²) in [5.41, 5.74) is 1.26. The van der Waals surface area contributed by atoms with Gasteiger partial charge in [0.2, 0.25) is 5.88 Å². The van der Waals surface area contributed by atoms with Crippen LogP contribution in [0.2, 0.25) is 0 Å². The number of nitrogens with zero attached hydrogens (tertiary/aromatic N) is 1. The average molecular weight is 413 g/mol. The highest BCUT2D eigenvalue weighted by atomic mass is 79.9. The first-order valence-corrected chi connectivity index (χ1v) is 8.75. The molecule has 0 radical (unpaired) electrons. The summed E-state index contributed by atoms with van der Waals surface area (Å²) in [5, 5.41) is 2.88. The van der Waals surface area contributed by atoms with Gasteiger partial charge in [-0.15, -0.1) is 0 Å². The van der Waals surface area contributed by atoms with E-state index < -0.39 is 0 Å². The molecule has 0 bridgehead atoms. The van der Waals surface area contributed by atoms with Crippen LogP contribution in [-0.4, -0.2) is 18.0 Å². The Balaban J connectivity index is 1.74. The Labute approximate surface area is 160 Å². The summed E-state index contributed by atoms with van der Waals surface area (Å²) in [6.45, 7) is 0.343. The molecule has 2 aromatic carbocycles. The van der Waals surface area contributed by atoms with Crippen molar-refractivity contribution in [3.8, 4) is 17.4 Å². The Kier molecular flexibility index (Phi) is 5.86. The van der Waals surface area contributed by atoms with Gasteiger partial charge in [0.15, 0.2) is 0 Å². The number of ether oxygens (including phenoxy) is 2. The first kappa shape index (κ1) is 17.9. The lowest BCUT2D eigenvalue weighted by Crippen LogP contribution is -2.23. The van der Waals surface area contributed by atoms with Gasteiger partial charge in [-0.25, -0.2) is 4.98 Å². The third kappa shape index (κ3) is 4.40. The SMILES string of the molecule is COc1ccccc1CNC(=O)c1cccnc1Oc1ccc(Br)cc1. The lowest BCUT2D eigenvalue weighted by molar-refractivity contribution is 0.0947. The van der Waals surface area contributed by atoms with Gasteiger partial charge in [-0.05, 0) is 42.5 Å². The fraction of sp³-hybridized carbons (Fsp3) is 0.100. The van der Waals surface area contributed by atoms with Crippen LogP contribution in [0, 0.1) is 0 Å². The van der Waals surface area contributed by atoms with Crippen LogP contribution in [0.5, 0.6) is 17.4 Å². The van der Waals surface area contributed by atoms with Gasteiger partial charge in [-0.2, -0.15) is 0 Å². The van der Waals surface area contributed by atoms with E-state index in [0.29, 0.717) is 17.9 Å². The number of para-hydroxylation sites is 1. The van der Waals surface area contributed by atoms with Crippen LogP contribution in [0.4, 0.5) is 0 Å². The Hall–Kier alpha value is -2.86. The number of benzene rings is 2. The van der Waals surface area contributed by atoms with Crippen molar-refractivity contribution in [2.45, 2.75) is 6.54 Å². The van der Waals surface area contributed by atoms with Crippen LogP contribution in [0.3, 0.4) is 0 Å². The molecule has 0 saturated heterocycles. The van der Waals surface area contributed by atoms with Crippen molar-refractivity contribution in [3.63, 3.8) is 0 Å². The van der Waals surface area contributed by atoms with E-state index in [4.69, 9.17) is 9.47 Å². The van der Waals surface area contributed by atoms with Gasteiger partial charge in [0, 0.05) is 22.8 Å². The van der Waals surface area contributed by atoms with Gasteiger partial charge >= 0.3 is 0 Å². The van der Waals surface area contributed by atoms with Crippen LogP contribution in [0.15, 0.2) is 71.3 Å². The number of nitrogens with one attached hydrogen (secondary N) is 1. The van der Waals surface area contributed by atoms with Crippen LogP contribution in [-0.2, 0) is 6.54 Å². The minimum Gasteiger partial charge on any atom is -0.496 e. The zero-order valence-electron chi connectivity index (χ0n) is 14.1. The minimum atomic E-state index is -0.267. The fourth-order valence-corrected chi connectivity index (χ4v) is 2.64. The summed E-state index contributed by atoms with van der Waals surface area (Å²) >= 11 is 3.38. The summed E-state index contributed by atoms with van der Waals surface area (Å²) in [7, 11) is 1.60. The Bertz CT molecular complexity index is 898. The second-order valence-electron chi connectivity index (χ2n) is 5.41. The quantitative estimate of drug-likeness (QED) is 0.643. The second kappa shape index (κ2) is 8.49. The normalized spacial score (nSPS) is 10.2. The smallest absolute Gasteiger partial charge is 0.257 e. The van der Waals surface area contributed by atoms with Gasteiger partial charge < -0.3 is 14.8 Å². The predicted molar refractivity (Wildman–Crippen MR) is 103 cm³/mol. The minimum absolute atomic E-state index is 0.257. The molecule has 0 unspecified atom stereocenters. The van der Waals surface area contributed by atoms with E-state index in [-0.39, 0.29) is 11.8 Å². The van der Waals surface area contributed by atoms with E-state index in [1.54, 1.807) is 37.6 Å². The van der Waals surface area contributed by atoms with Gasteiger partial charge in [-0.1, -0.05) is 34.1 Å². The Morgan fingerprint density at radius 1 is 1.08 bits per heavy atom. The number of carbonyl (C=O) groups excluding carboxylic acids is 1. The Morgan fingerprint density at radius 3 is 2.62 bits per heavy atom. The van der Waals surface area contributed by atoms with Crippen molar-refractivity contribution in [3.05, 3.63) is 82.5 Å². The number of pyridine rings is 1. The highest BCUT2D eigenvalue weighted by Crippen LogP contribution is 2.24. The third-order valence-electron chi connectivity index (χ3n) is 3.68. The van der Waals surface area contributed by atoms with Crippen molar-refractivity contribution in [2.24, 2.45) is 0 Å². The number of aromatic nitrogens is 1. The standard InChI is InChI=1S/C20H17BrN2O3/c1-25-18-7-3-2-5-14(18)13-23-19(24)17-6-4-12-22-20(17)26-16-10-8-15(21)9-11-16/h2-12H,13H2,1H3,(H,23,24). The molecule has 3 rings (SSSR count). The molecule has 0 saturated carbocycles. The fourth-order valence-electron chi connectivity index (χ4n) is 2.38. The summed E-state index contributed by atoms with van der Waals surface area (Å²) in [6.07, 6.45) is 1.59. The molecule has 0 aliphatic heterocycles. The molecule has 1 aromatic heterocycles. The number of carbonyl (C=O) groups is 1. The summed E-state index contributed by atoms with van der Waals surface area (Å²) in [5.74, 6) is 1.32. The van der Waals surface area contributed by atoms with E-state index >= 15 is 0 Å². The number of rotatable bonds is 6. The van der Waals surface area contributed by atoms with Gasteiger partial charge in [-0.3, -0.25) is 4.79 Å². The van der Waals surface area contributed by atoms with Crippen LogP contribution in [0.1, 0.15) is 15.9 Å². The van der Waals surface area contributed by atoms with E-state index in [9.17, 15) is 4.79 Å². The van der Waals surface area contributed by atoms with E-state index in [1.165, 1.54) is 0 Å². The molecule has 0 atom stereocenters. The van der Waals surface area contributed by atoms with Crippen LogP contribution in [0.25, 0.3) is 0 Å². The lowest BCUT2D eigenvalue weighted by atomic mass is 10.2. The van der Waals surface area contributed by atoms with Crippen molar-refractivity contribution < 1.29 is 14.3 Å². The number of halogens is 1. The van der Waals surface area contributed by atoms with E-state index in [2.05, 4.69) is 26.2 Å². The maximum Gasteiger partial charge on any atom is 0.257 e. The van der Waals surface area contributed by atoms with Crippen LogP contribution < -0.4 is 14.8 Å². The number of amides is 1. The first-order valence-electron chi connectivity index (χ1n) is 7.96. The van der Waals surface area contributed by atoms with E-state index in [0.717, 1.165) is 15.8 Å². The summed E-state index contributed by atoms with van der Waals surface area (Å²) in [6, 6.07) is 18.2. The monoisotopic (exact) mass is 412 g/mol. The second-order valence-corrected chi connectivity index (χ2v) is 6.32. The molecular formula is C20H17BrN2O3. The number of hydrogen-bond acceptors (Lipinski definition) is 4. The molecule has 26 heavy (non-hydrogen) atoms. The first-order chi connectivity index (χ1) is 12.7. The van der Waals surface area contributed by atoms with Gasteiger partial charge in [0.05, 0.1) is 7.11 Å². The molecule has 0 aliphatic carbocycles. The maximum atomic E-state index is 12.6. The predicted octanol–water partition coefficient (Wildman–Crippen LogP) is 4.58. The molecule has 0 spiro atoms. The average Bonchev–Trinajstić information content (AvgIpc) is 2.68. The molecule has 1 N–H and O–H groups in total. The number of methoxy groups -OCH3 is 1. The number of hydrogen-bond donors (Lipinski definition) is 1. The molecule has 132 valence electrons. The van der Waals surface area contributed by atoms with Crippen LogP contribution >= 0.6 is 15.9 Å². The maximum absolute atomic E-state index is 12.6.